The number of fused-ring (bicyclic) bond motifs is 1. The van der Waals surface area contributed by atoms with E-state index in [1.54, 1.807) is 15.3 Å². The highest BCUT2D eigenvalue weighted by Crippen LogP contribution is 2.20. The summed E-state index contributed by atoms with van der Waals surface area (Å²) in [4.78, 5) is 18.2. The maximum atomic E-state index is 13.5. The zero-order valence-corrected chi connectivity index (χ0v) is 16.1. The Labute approximate surface area is 163 Å². The molecule has 0 saturated carbocycles. The van der Waals surface area contributed by atoms with Crippen LogP contribution in [-0.4, -0.2) is 19.2 Å². The highest BCUT2D eigenvalue weighted by atomic mass is 16.1. The van der Waals surface area contributed by atoms with Crippen molar-refractivity contribution in [3.05, 3.63) is 87.7 Å². The minimum atomic E-state index is -0.0964. The Morgan fingerprint density at radius 1 is 1.04 bits per heavy atom. The van der Waals surface area contributed by atoms with Crippen LogP contribution in [-0.2, 0) is 13.5 Å². The molecule has 5 nitrogen and oxygen atoms in total. The van der Waals surface area contributed by atoms with E-state index in [2.05, 4.69) is 16.9 Å². The van der Waals surface area contributed by atoms with Crippen molar-refractivity contribution in [2.24, 2.45) is 7.05 Å². The van der Waals surface area contributed by atoms with E-state index >= 15 is 0 Å². The molecule has 138 valence electrons. The van der Waals surface area contributed by atoms with Gasteiger partial charge in [-0.05, 0) is 37.0 Å². The molecule has 1 aromatic carbocycles. The maximum Gasteiger partial charge on any atom is 0.267 e. The Bertz CT molecular complexity index is 1290. The van der Waals surface area contributed by atoms with E-state index in [1.165, 1.54) is 0 Å². The standard InChI is InChI=1S/C23H20N4O/c1-4-20-22(17-9-6-5-7-10-17)23(28)27-19(11-8-12-21(27)25-20)14-13-18-15-24-26(3)16(18)2/h5-12,15H,4H2,1-3H3. The Morgan fingerprint density at radius 2 is 1.82 bits per heavy atom. The Hall–Kier alpha value is -3.65. The van der Waals surface area contributed by atoms with Gasteiger partial charge in [0.25, 0.3) is 5.56 Å². The van der Waals surface area contributed by atoms with Crippen molar-refractivity contribution >= 4 is 5.65 Å². The zero-order chi connectivity index (χ0) is 19.7. The number of hydrogen-bond donors (Lipinski definition) is 0. The third-order valence-electron chi connectivity index (χ3n) is 4.88. The third-order valence-corrected chi connectivity index (χ3v) is 4.88. The molecule has 0 bridgehead atoms. The monoisotopic (exact) mass is 368 g/mol. The fraction of sp³-hybridized carbons (Fsp3) is 0.174. The van der Waals surface area contributed by atoms with Crippen LogP contribution >= 0.6 is 0 Å². The third kappa shape index (κ3) is 2.99. The quantitative estimate of drug-likeness (QED) is 0.510. The van der Waals surface area contributed by atoms with E-state index in [4.69, 9.17) is 4.98 Å². The van der Waals surface area contributed by atoms with Crippen LogP contribution in [0.2, 0.25) is 0 Å². The molecule has 0 spiro atoms. The van der Waals surface area contributed by atoms with Crippen LogP contribution in [0.25, 0.3) is 16.8 Å². The van der Waals surface area contributed by atoms with Gasteiger partial charge in [-0.25, -0.2) is 4.98 Å². The normalized spacial score (nSPS) is 10.7. The summed E-state index contributed by atoms with van der Waals surface area (Å²) in [5.74, 6) is 6.27. The molecule has 0 aliphatic carbocycles. The van der Waals surface area contributed by atoms with Crippen LogP contribution in [0, 0.1) is 18.8 Å². The lowest BCUT2D eigenvalue weighted by atomic mass is 10.0. The number of nitrogens with zero attached hydrogens (tertiary/aromatic N) is 4. The number of aryl methyl sites for hydroxylation is 2. The van der Waals surface area contributed by atoms with Crippen molar-refractivity contribution in [3.8, 4) is 23.0 Å². The molecule has 0 unspecified atom stereocenters. The van der Waals surface area contributed by atoms with Gasteiger partial charge in [0.05, 0.1) is 28.7 Å². The molecule has 28 heavy (non-hydrogen) atoms. The molecular formula is C23H20N4O. The molecule has 3 aromatic heterocycles. The summed E-state index contributed by atoms with van der Waals surface area (Å²) in [6, 6.07) is 15.2. The van der Waals surface area contributed by atoms with Crippen LogP contribution in [0.3, 0.4) is 0 Å². The first kappa shape index (κ1) is 17.7. The van der Waals surface area contributed by atoms with Crippen molar-refractivity contribution in [2.75, 3.05) is 0 Å². The summed E-state index contributed by atoms with van der Waals surface area (Å²) in [7, 11) is 1.88. The number of aromatic nitrogens is 4. The Kier molecular flexibility index (Phi) is 4.54. The van der Waals surface area contributed by atoms with Gasteiger partial charge in [0.2, 0.25) is 0 Å². The van der Waals surface area contributed by atoms with Gasteiger partial charge in [0.1, 0.15) is 11.3 Å². The van der Waals surface area contributed by atoms with Crippen molar-refractivity contribution in [1.29, 1.82) is 0 Å². The van der Waals surface area contributed by atoms with Gasteiger partial charge in [-0.15, -0.1) is 0 Å². The molecule has 4 aromatic rings. The molecule has 3 heterocycles. The fourth-order valence-corrected chi connectivity index (χ4v) is 3.23. The summed E-state index contributed by atoms with van der Waals surface area (Å²) in [5, 5.41) is 4.22. The van der Waals surface area contributed by atoms with E-state index < -0.39 is 0 Å². The van der Waals surface area contributed by atoms with E-state index in [-0.39, 0.29) is 5.56 Å². The number of hydrogen-bond acceptors (Lipinski definition) is 3. The molecule has 0 fully saturated rings. The molecular weight excluding hydrogens is 348 g/mol. The van der Waals surface area contributed by atoms with Crippen LogP contribution in [0.15, 0.2) is 59.5 Å². The smallest absolute Gasteiger partial charge is 0.267 e. The largest absolute Gasteiger partial charge is 0.272 e. The zero-order valence-electron chi connectivity index (χ0n) is 16.1. The summed E-state index contributed by atoms with van der Waals surface area (Å²) in [6.07, 6.45) is 2.42. The van der Waals surface area contributed by atoms with Gasteiger partial charge < -0.3 is 0 Å². The number of benzene rings is 1. The first-order chi connectivity index (χ1) is 13.6. The van der Waals surface area contributed by atoms with Crippen molar-refractivity contribution < 1.29 is 0 Å². The van der Waals surface area contributed by atoms with Gasteiger partial charge in [-0.1, -0.05) is 49.2 Å². The van der Waals surface area contributed by atoms with Crippen molar-refractivity contribution in [2.45, 2.75) is 20.3 Å². The lowest BCUT2D eigenvalue weighted by Gasteiger charge is -2.11. The first-order valence-electron chi connectivity index (χ1n) is 9.21. The highest BCUT2D eigenvalue weighted by Gasteiger charge is 2.14. The Morgan fingerprint density at radius 3 is 2.50 bits per heavy atom. The van der Waals surface area contributed by atoms with Crippen LogP contribution < -0.4 is 5.56 Å². The lowest BCUT2D eigenvalue weighted by Crippen LogP contribution is -2.21. The highest BCUT2D eigenvalue weighted by molar-refractivity contribution is 5.67. The molecule has 0 amide bonds. The van der Waals surface area contributed by atoms with Crippen LogP contribution in [0.1, 0.15) is 29.6 Å². The second-order valence-electron chi connectivity index (χ2n) is 6.58. The van der Waals surface area contributed by atoms with Gasteiger partial charge in [0, 0.05) is 7.05 Å². The number of pyridine rings is 1. The lowest BCUT2D eigenvalue weighted by molar-refractivity contribution is 0.740. The molecule has 0 atom stereocenters. The molecule has 0 saturated heterocycles. The maximum absolute atomic E-state index is 13.5. The Balaban J connectivity index is 1.98. The molecule has 0 N–H and O–H groups in total. The molecule has 4 rings (SSSR count). The number of rotatable bonds is 2. The minimum absolute atomic E-state index is 0.0964. The van der Waals surface area contributed by atoms with E-state index in [0.29, 0.717) is 23.3 Å². The van der Waals surface area contributed by atoms with Gasteiger partial charge >= 0.3 is 0 Å². The first-order valence-corrected chi connectivity index (χ1v) is 9.21. The minimum Gasteiger partial charge on any atom is -0.272 e. The van der Waals surface area contributed by atoms with E-state index in [1.807, 2.05) is 69.4 Å². The summed E-state index contributed by atoms with van der Waals surface area (Å²) in [5.41, 5.74) is 5.24. The second kappa shape index (κ2) is 7.16. The fourth-order valence-electron chi connectivity index (χ4n) is 3.23. The topological polar surface area (TPSA) is 52.2 Å². The summed E-state index contributed by atoms with van der Waals surface area (Å²) < 4.78 is 3.38. The van der Waals surface area contributed by atoms with Crippen molar-refractivity contribution in [3.63, 3.8) is 0 Å². The van der Waals surface area contributed by atoms with E-state index in [9.17, 15) is 4.79 Å². The summed E-state index contributed by atoms with van der Waals surface area (Å²) in [6.45, 7) is 3.98. The molecule has 0 aliphatic rings. The van der Waals surface area contributed by atoms with Crippen LogP contribution in [0.4, 0.5) is 0 Å². The van der Waals surface area contributed by atoms with Gasteiger partial charge in [0.15, 0.2) is 0 Å². The van der Waals surface area contributed by atoms with Gasteiger partial charge in [-0.2, -0.15) is 5.10 Å². The second-order valence-corrected chi connectivity index (χ2v) is 6.58. The molecule has 5 heteroatoms. The predicted octanol–water partition coefficient (Wildman–Crippen LogP) is 3.37. The average molecular weight is 368 g/mol. The van der Waals surface area contributed by atoms with Gasteiger partial charge in [-0.3, -0.25) is 13.9 Å². The van der Waals surface area contributed by atoms with Crippen LogP contribution in [0.5, 0.6) is 0 Å². The predicted molar refractivity (Wildman–Crippen MR) is 110 cm³/mol. The van der Waals surface area contributed by atoms with E-state index in [0.717, 1.165) is 22.5 Å². The SMILES string of the molecule is CCc1nc2cccc(C#Cc3cnn(C)c3C)n2c(=O)c1-c1ccccc1. The van der Waals surface area contributed by atoms with Crippen molar-refractivity contribution in [1.82, 2.24) is 19.2 Å². The summed E-state index contributed by atoms with van der Waals surface area (Å²) >= 11 is 0. The average Bonchev–Trinajstić information content (AvgIpc) is 3.04. The molecule has 0 radical (unpaired) electrons. The molecule has 0 aliphatic heterocycles.